The number of nitrogens with one attached hydrogen (secondary N) is 1. The molecule has 23 heavy (non-hydrogen) atoms. The van der Waals surface area contributed by atoms with Gasteiger partial charge in [0.15, 0.2) is 0 Å². The first kappa shape index (κ1) is 14.8. The van der Waals surface area contributed by atoms with Crippen molar-refractivity contribution in [1.82, 2.24) is 5.43 Å². The van der Waals surface area contributed by atoms with Crippen molar-refractivity contribution < 1.29 is 9.90 Å². The van der Waals surface area contributed by atoms with Crippen molar-refractivity contribution in [2.24, 2.45) is 5.10 Å². The Morgan fingerprint density at radius 2 is 1.91 bits per heavy atom. The molecule has 3 rings (SSSR count). The number of benzene rings is 3. The third-order valence-electron chi connectivity index (χ3n) is 3.59. The molecule has 3 aromatic rings. The predicted octanol–water partition coefficient (Wildman–Crippen LogP) is 3.62. The number of phenolic OH excluding ortho intramolecular Hbond substituents is 1. The van der Waals surface area contributed by atoms with Gasteiger partial charge in [-0.1, -0.05) is 48.0 Å². The molecule has 0 aromatic heterocycles. The molecule has 2 N–H and O–H groups in total. The maximum atomic E-state index is 12.0. The molecule has 4 heteroatoms. The standard InChI is InChI=1S/C19H16N2O2/c1-13-5-4-7-15(11-13)19(23)21-20-12-17-16-8-3-2-6-14(16)9-10-18(17)22/h2-12,22H,1H3,(H,21,23)/b20-12-. The van der Waals surface area contributed by atoms with Gasteiger partial charge in [0, 0.05) is 11.1 Å². The van der Waals surface area contributed by atoms with E-state index in [9.17, 15) is 9.90 Å². The van der Waals surface area contributed by atoms with E-state index in [4.69, 9.17) is 0 Å². The van der Waals surface area contributed by atoms with Crippen molar-refractivity contribution in [3.05, 3.63) is 77.4 Å². The molecule has 114 valence electrons. The van der Waals surface area contributed by atoms with E-state index in [1.807, 2.05) is 49.4 Å². The molecular formula is C19H16N2O2. The Labute approximate surface area is 134 Å². The van der Waals surface area contributed by atoms with Crippen molar-refractivity contribution >= 4 is 22.9 Å². The lowest BCUT2D eigenvalue weighted by Gasteiger charge is -2.05. The normalized spacial score (nSPS) is 11.0. The number of amides is 1. The summed E-state index contributed by atoms with van der Waals surface area (Å²) in [5, 5.41) is 15.9. The van der Waals surface area contributed by atoms with Gasteiger partial charge in [0.25, 0.3) is 5.91 Å². The highest BCUT2D eigenvalue weighted by Gasteiger charge is 2.06. The molecule has 0 atom stereocenters. The molecule has 0 aliphatic carbocycles. The minimum absolute atomic E-state index is 0.122. The number of carbonyl (C=O) groups is 1. The summed E-state index contributed by atoms with van der Waals surface area (Å²) >= 11 is 0. The fourth-order valence-corrected chi connectivity index (χ4v) is 2.43. The van der Waals surface area contributed by atoms with Crippen LogP contribution in [0.1, 0.15) is 21.5 Å². The molecule has 0 fully saturated rings. The minimum Gasteiger partial charge on any atom is -0.507 e. The van der Waals surface area contributed by atoms with Crippen molar-refractivity contribution in [3.63, 3.8) is 0 Å². The second kappa shape index (κ2) is 6.32. The van der Waals surface area contributed by atoms with Gasteiger partial charge in [0.2, 0.25) is 0 Å². The van der Waals surface area contributed by atoms with Crippen LogP contribution in [0.15, 0.2) is 65.8 Å². The second-order valence-electron chi connectivity index (χ2n) is 5.29. The number of hydrazone groups is 1. The molecule has 4 nitrogen and oxygen atoms in total. The van der Waals surface area contributed by atoms with E-state index in [0.29, 0.717) is 11.1 Å². The zero-order valence-electron chi connectivity index (χ0n) is 12.7. The van der Waals surface area contributed by atoms with Crippen LogP contribution in [-0.2, 0) is 0 Å². The van der Waals surface area contributed by atoms with Gasteiger partial charge in [-0.2, -0.15) is 5.10 Å². The van der Waals surface area contributed by atoms with Crippen LogP contribution in [0.3, 0.4) is 0 Å². The summed E-state index contributed by atoms with van der Waals surface area (Å²) in [5.41, 5.74) is 4.62. The van der Waals surface area contributed by atoms with Gasteiger partial charge in [0.1, 0.15) is 5.75 Å². The number of nitrogens with zero attached hydrogens (tertiary/aromatic N) is 1. The highest BCUT2D eigenvalue weighted by Crippen LogP contribution is 2.25. The van der Waals surface area contributed by atoms with E-state index in [0.717, 1.165) is 16.3 Å². The van der Waals surface area contributed by atoms with Crippen LogP contribution in [-0.4, -0.2) is 17.2 Å². The van der Waals surface area contributed by atoms with Gasteiger partial charge < -0.3 is 5.11 Å². The molecule has 0 bridgehead atoms. The molecule has 0 unspecified atom stereocenters. The van der Waals surface area contributed by atoms with E-state index in [2.05, 4.69) is 10.5 Å². The first-order chi connectivity index (χ1) is 11.1. The lowest BCUT2D eigenvalue weighted by molar-refractivity contribution is 0.0955. The number of rotatable bonds is 3. The first-order valence-corrected chi connectivity index (χ1v) is 7.26. The van der Waals surface area contributed by atoms with Crippen LogP contribution in [0.5, 0.6) is 5.75 Å². The second-order valence-corrected chi connectivity index (χ2v) is 5.29. The number of aromatic hydroxyl groups is 1. The van der Waals surface area contributed by atoms with Crippen LogP contribution in [0.4, 0.5) is 0 Å². The average Bonchev–Trinajstić information content (AvgIpc) is 2.56. The Morgan fingerprint density at radius 1 is 1.09 bits per heavy atom. The Hall–Kier alpha value is -3.14. The lowest BCUT2D eigenvalue weighted by Crippen LogP contribution is -2.17. The summed E-state index contributed by atoms with van der Waals surface area (Å²) in [6.07, 6.45) is 1.46. The molecular weight excluding hydrogens is 288 g/mol. The van der Waals surface area contributed by atoms with Crippen molar-refractivity contribution in [2.45, 2.75) is 6.92 Å². The molecule has 0 aliphatic rings. The molecule has 0 saturated carbocycles. The van der Waals surface area contributed by atoms with E-state index in [1.165, 1.54) is 6.21 Å². The van der Waals surface area contributed by atoms with Crippen LogP contribution < -0.4 is 5.43 Å². The van der Waals surface area contributed by atoms with Gasteiger partial charge in [-0.05, 0) is 35.9 Å². The first-order valence-electron chi connectivity index (χ1n) is 7.26. The third-order valence-corrected chi connectivity index (χ3v) is 3.59. The largest absolute Gasteiger partial charge is 0.507 e. The van der Waals surface area contributed by atoms with Crippen molar-refractivity contribution in [3.8, 4) is 5.75 Å². The lowest BCUT2D eigenvalue weighted by atomic mass is 10.0. The molecule has 0 radical (unpaired) electrons. The Bertz CT molecular complexity index is 901. The number of hydrogen-bond acceptors (Lipinski definition) is 3. The van der Waals surface area contributed by atoms with Crippen molar-refractivity contribution in [1.29, 1.82) is 0 Å². The highest BCUT2D eigenvalue weighted by molar-refractivity contribution is 6.03. The van der Waals surface area contributed by atoms with E-state index in [-0.39, 0.29) is 11.7 Å². The smallest absolute Gasteiger partial charge is 0.271 e. The monoisotopic (exact) mass is 304 g/mol. The van der Waals surface area contributed by atoms with Gasteiger partial charge in [0.05, 0.1) is 6.21 Å². The van der Waals surface area contributed by atoms with E-state index >= 15 is 0 Å². The summed E-state index contributed by atoms with van der Waals surface area (Å²) in [4.78, 5) is 12.0. The van der Waals surface area contributed by atoms with Crippen molar-refractivity contribution in [2.75, 3.05) is 0 Å². The molecule has 0 spiro atoms. The number of fused-ring (bicyclic) bond motifs is 1. The van der Waals surface area contributed by atoms with E-state index in [1.54, 1.807) is 18.2 Å². The SMILES string of the molecule is Cc1cccc(C(=O)N/N=C\c2c(O)ccc3ccccc23)c1. The highest BCUT2D eigenvalue weighted by atomic mass is 16.3. The van der Waals surface area contributed by atoms with Gasteiger partial charge in [-0.15, -0.1) is 0 Å². The summed E-state index contributed by atoms with van der Waals surface area (Å²) in [6.45, 7) is 1.92. The number of aryl methyl sites for hydroxylation is 1. The third kappa shape index (κ3) is 3.21. The zero-order valence-corrected chi connectivity index (χ0v) is 12.7. The van der Waals surface area contributed by atoms with Crippen LogP contribution in [0.25, 0.3) is 10.8 Å². The molecule has 0 saturated heterocycles. The Balaban J connectivity index is 1.84. The number of carbonyl (C=O) groups excluding carboxylic acids is 1. The summed E-state index contributed by atoms with van der Waals surface area (Å²) in [6, 6.07) is 18.4. The predicted molar refractivity (Wildman–Crippen MR) is 91.9 cm³/mol. The topological polar surface area (TPSA) is 61.7 Å². The minimum atomic E-state index is -0.287. The van der Waals surface area contributed by atoms with Crippen LogP contribution >= 0.6 is 0 Å². The fraction of sp³-hybridized carbons (Fsp3) is 0.0526. The van der Waals surface area contributed by atoms with Gasteiger partial charge in [-0.3, -0.25) is 4.79 Å². The molecule has 0 heterocycles. The average molecular weight is 304 g/mol. The van der Waals surface area contributed by atoms with Crippen LogP contribution in [0.2, 0.25) is 0 Å². The summed E-state index contributed by atoms with van der Waals surface area (Å²) < 4.78 is 0. The maximum Gasteiger partial charge on any atom is 0.271 e. The Kier molecular flexibility index (Phi) is 4.06. The number of phenols is 1. The fourth-order valence-electron chi connectivity index (χ4n) is 2.43. The Morgan fingerprint density at radius 3 is 2.74 bits per heavy atom. The molecule has 0 aliphatic heterocycles. The maximum absolute atomic E-state index is 12.0. The molecule has 3 aromatic carbocycles. The number of hydrogen-bond donors (Lipinski definition) is 2. The van der Waals surface area contributed by atoms with Crippen LogP contribution in [0, 0.1) is 6.92 Å². The van der Waals surface area contributed by atoms with Gasteiger partial charge in [-0.25, -0.2) is 5.43 Å². The molecule has 1 amide bonds. The van der Waals surface area contributed by atoms with E-state index < -0.39 is 0 Å². The zero-order chi connectivity index (χ0) is 16.2. The quantitative estimate of drug-likeness (QED) is 0.573. The van der Waals surface area contributed by atoms with Gasteiger partial charge >= 0.3 is 0 Å². The summed E-state index contributed by atoms with van der Waals surface area (Å²) in [7, 11) is 0. The summed E-state index contributed by atoms with van der Waals surface area (Å²) in [5.74, 6) is -0.165.